The first-order valence-electron chi connectivity index (χ1n) is 5.15. The van der Waals surface area contributed by atoms with Gasteiger partial charge in [-0.2, -0.15) is 11.8 Å². The average Bonchev–Trinajstić information content (AvgIpc) is 2.50. The van der Waals surface area contributed by atoms with Crippen molar-refractivity contribution in [2.24, 2.45) is 0 Å². The van der Waals surface area contributed by atoms with Gasteiger partial charge < -0.3 is 10.6 Å². The van der Waals surface area contributed by atoms with E-state index in [0.717, 1.165) is 29.5 Å². The number of benzene rings is 1. The van der Waals surface area contributed by atoms with Gasteiger partial charge in [0.15, 0.2) is 0 Å². The van der Waals surface area contributed by atoms with Crippen LogP contribution in [0.3, 0.4) is 0 Å². The highest BCUT2D eigenvalue weighted by Gasteiger charge is 2.12. The molecule has 0 amide bonds. The summed E-state index contributed by atoms with van der Waals surface area (Å²) in [6.45, 7) is 2.15. The van der Waals surface area contributed by atoms with Gasteiger partial charge in [-0.1, -0.05) is 11.6 Å². The Kier molecular flexibility index (Phi) is 3.65. The Bertz CT molecular complexity index is 335. The summed E-state index contributed by atoms with van der Waals surface area (Å²) in [5.41, 5.74) is 7.88. The largest absolute Gasteiger partial charge is 0.397 e. The van der Waals surface area contributed by atoms with Gasteiger partial charge in [0.25, 0.3) is 0 Å². The van der Waals surface area contributed by atoms with Crippen LogP contribution >= 0.6 is 23.4 Å². The predicted molar refractivity (Wildman–Crippen MR) is 70.0 cm³/mol. The van der Waals surface area contributed by atoms with Crippen molar-refractivity contribution < 1.29 is 0 Å². The molecule has 1 fully saturated rings. The Hall–Kier alpha value is -0.540. The second kappa shape index (κ2) is 4.99. The Morgan fingerprint density at radius 3 is 3.00 bits per heavy atom. The molecule has 1 aromatic rings. The molecule has 0 saturated carbocycles. The van der Waals surface area contributed by atoms with Crippen LogP contribution in [0, 0.1) is 0 Å². The van der Waals surface area contributed by atoms with Gasteiger partial charge in [-0.25, -0.2) is 0 Å². The minimum atomic E-state index is 0.760. The number of hydrogen-bond acceptors (Lipinski definition) is 3. The predicted octanol–water partition coefficient (Wildman–Crippen LogP) is 2.87. The lowest BCUT2D eigenvalue weighted by Crippen LogP contribution is -2.26. The van der Waals surface area contributed by atoms with E-state index in [1.54, 1.807) is 0 Å². The average molecular weight is 243 g/mol. The highest BCUT2D eigenvalue weighted by molar-refractivity contribution is 7.99. The normalized spacial score (nSPS) is 17.5. The molecule has 82 valence electrons. The zero-order chi connectivity index (χ0) is 10.7. The molecule has 2 nitrogen and oxygen atoms in total. The van der Waals surface area contributed by atoms with Crippen molar-refractivity contribution in [3.8, 4) is 0 Å². The molecular formula is C11H15ClN2S. The van der Waals surface area contributed by atoms with E-state index in [1.807, 2.05) is 30.0 Å². The third-order valence-electron chi connectivity index (χ3n) is 2.56. The first-order chi connectivity index (χ1) is 7.27. The molecule has 0 spiro atoms. The second-order valence-corrected chi connectivity index (χ2v) is 5.32. The van der Waals surface area contributed by atoms with Gasteiger partial charge in [-0.05, 0) is 30.4 Å². The zero-order valence-electron chi connectivity index (χ0n) is 8.58. The monoisotopic (exact) mass is 242 g/mol. The molecule has 1 heterocycles. The molecule has 0 bridgehead atoms. The minimum absolute atomic E-state index is 0.760. The van der Waals surface area contributed by atoms with Crippen LogP contribution in [-0.2, 0) is 0 Å². The maximum Gasteiger partial charge on any atom is 0.0615 e. The highest BCUT2D eigenvalue weighted by atomic mass is 35.5. The van der Waals surface area contributed by atoms with Gasteiger partial charge >= 0.3 is 0 Å². The van der Waals surface area contributed by atoms with Crippen molar-refractivity contribution >= 4 is 34.7 Å². The molecule has 0 radical (unpaired) electrons. The molecule has 1 aliphatic rings. The van der Waals surface area contributed by atoms with Crippen LogP contribution in [0.4, 0.5) is 11.4 Å². The number of halogens is 1. The van der Waals surface area contributed by atoms with Crippen LogP contribution in [0.25, 0.3) is 0 Å². The van der Waals surface area contributed by atoms with E-state index in [2.05, 4.69) is 4.90 Å². The van der Waals surface area contributed by atoms with Gasteiger partial charge in [0, 0.05) is 23.9 Å². The maximum atomic E-state index is 5.99. The number of anilines is 2. The Morgan fingerprint density at radius 1 is 1.27 bits per heavy atom. The van der Waals surface area contributed by atoms with Gasteiger partial charge in [-0.3, -0.25) is 0 Å². The van der Waals surface area contributed by atoms with E-state index >= 15 is 0 Å². The number of nitrogens with two attached hydrogens (primary N) is 1. The van der Waals surface area contributed by atoms with Crippen LogP contribution in [0.1, 0.15) is 6.42 Å². The summed E-state index contributed by atoms with van der Waals surface area (Å²) in [5, 5.41) is 0.760. The quantitative estimate of drug-likeness (QED) is 0.768. The fraction of sp³-hybridized carbons (Fsp3) is 0.455. The number of rotatable bonds is 1. The van der Waals surface area contributed by atoms with Gasteiger partial charge in [-0.15, -0.1) is 0 Å². The molecule has 0 aliphatic carbocycles. The van der Waals surface area contributed by atoms with Gasteiger partial charge in [0.1, 0.15) is 0 Å². The van der Waals surface area contributed by atoms with Crippen LogP contribution in [0.2, 0.25) is 5.02 Å². The number of nitrogen functional groups attached to an aromatic ring is 1. The maximum absolute atomic E-state index is 5.99. The smallest absolute Gasteiger partial charge is 0.0615 e. The summed E-state index contributed by atoms with van der Waals surface area (Å²) in [7, 11) is 0. The SMILES string of the molecule is Nc1ccc(Cl)cc1N1CCCSCC1. The van der Waals surface area contributed by atoms with Crippen molar-refractivity contribution in [2.45, 2.75) is 6.42 Å². The van der Waals surface area contributed by atoms with Crippen LogP contribution in [0.5, 0.6) is 0 Å². The topological polar surface area (TPSA) is 29.3 Å². The first kappa shape index (κ1) is 11.0. The Balaban J connectivity index is 2.22. The second-order valence-electron chi connectivity index (χ2n) is 3.66. The van der Waals surface area contributed by atoms with E-state index in [0.29, 0.717) is 0 Å². The molecule has 0 unspecified atom stereocenters. The molecular weight excluding hydrogens is 228 g/mol. The molecule has 1 aliphatic heterocycles. The lowest BCUT2D eigenvalue weighted by molar-refractivity contribution is 0.817. The molecule has 4 heteroatoms. The summed E-state index contributed by atoms with van der Waals surface area (Å²) < 4.78 is 0. The number of thioether (sulfide) groups is 1. The lowest BCUT2D eigenvalue weighted by Gasteiger charge is -2.24. The van der Waals surface area contributed by atoms with Crippen molar-refractivity contribution in [1.82, 2.24) is 0 Å². The van der Waals surface area contributed by atoms with Crippen LogP contribution < -0.4 is 10.6 Å². The first-order valence-corrected chi connectivity index (χ1v) is 6.68. The molecule has 2 N–H and O–H groups in total. The highest BCUT2D eigenvalue weighted by Crippen LogP contribution is 2.28. The van der Waals surface area contributed by atoms with E-state index < -0.39 is 0 Å². The van der Waals surface area contributed by atoms with E-state index in [4.69, 9.17) is 17.3 Å². The van der Waals surface area contributed by atoms with E-state index in [-0.39, 0.29) is 0 Å². The molecule has 2 rings (SSSR count). The van der Waals surface area contributed by atoms with Crippen molar-refractivity contribution in [1.29, 1.82) is 0 Å². The third kappa shape index (κ3) is 2.73. The summed E-state index contributed by atoms with van der Waals surface area (Å²) in [6, 6.07) is 5.69. The lowest BCUT2D eigenvalue weighted by atomic mass is 10.2. The summed E-state index contributed by atoms with van der Waals surface area (Å²) in [4.78, 5) is 2.33. The summed E-state index contributed by atoms with van der Waals surface area (Å²) in [6.07, 6.45) is 1.22. The summed E-state index contributed by atoms with van der Waals surface area (Å²) >= 11 is 8.00. The van der Waals surface area contributed by atoms with Crippen molar-refractivity contribution in [3.05, 3.63) is 23.2 Å². The fourth-order valence-electron chi connectivity index (χ4n) is 1.78. The van der Waals surface area contributed by atoms with Crippen molar-refractivity contribution in [2.75, 3.05) is 35.2 Å². The van der Waals surface area contributed by atoms with Gasteiger partial charge in [0.2, 0.25) is 0 Å². The van der Waals surface area contributed by atoms with Crippen LogP contribution in [-0.4, -0.2) is 24.6 Å². The van der Waals surface area contributed by atoms with E-state index in [1.165, 1.54) is 17.9 Å². The number of hydrogen-bond donors (Lipinski definition) is 1. The van der Waals surface area contributed by atoms with E-state index in [9.17, 15) is 0 Å². The standard InChI is InChI=1S/C11H15ClN2S/c12-9-2-3-10(13)11(8-9)14-4-1-6-15-7-5-14/h2-3,8H,1,4-7,13H2. The number of nitrogens with zero attached hydrogens (tertiary/aromatic N) is 1. The Labute approximate surface area is 99.8 Å². The van der Waals surface area contributed by atoms with Gasteiger partial charge in [0.05, 0.1) is 11.4 Å². The van der Waals surface area contributed by atoms with Crippen LogP contribution in [0.15, 0.2) is 18.2 Å². The fourth-order valence-corrected chi connectivity index (χ4v) is 2.83. The zero-order valence-corrected chi connectivity index (χ0v) is 10.2. The molecule has 15 heavy (non-hydrogen) atoms. The molecule has 0 atom stereocenters. The molecule has 1 saturated heterocycles. The summed E-state index contributed by atoms with van der Waals surface area (Å²) in [5.74, 6) is 2.42. The van der Waals surface area contributed by atoms with Crippen molar-refractivity contribution in [3.63, 3.8) is 0 Å². The molecule has 0 aromatic heterocycles. The minimum Gasteiger partial charge on any atom is -0.397 e. The Morgan fingerprint density at radius 2 is 2.13 bits per heavy atom. The molecule has 1 aromatic carbocycles. The third-order valence-corrected chi connectivity index (χ3v) is 3.84.